The van der Waals surface area contributed by atoms with Gasteiger partial charge in [0, 0.05) is 5.75 Å². The van der Waals surface area contributed by atoms with Gasteiger partial charge in [-0.3, -0.25) is 0 Å². The van der Waals surface area contributed by atoms with Crippen molar-refractivity contribution in [2.45, 2.75) is 11.0 Å². The molecule has 1 aromatic rings. The molecule has 0 bridgehead atoms. The molecule has 0 aromatic heterocycles. The van der Waals surface area contributed by atoms with E-state index in [4.69, 9.17) is 5.73 Å². The van der Waals surface area contributed by atoms with Crippen LogP contribution in [0.15, 0.2) is 30.3 Å². The minimum absolute atomic E-state index is 0.0241. The van der Waals surface area contributed by atoms with Gasteiger partial charge in [0.25, 0.3) is 0 Å². The maximum Gasteiger partial charge on any atom is 0.404 e. The van der Waals surface area contributed by atoms with Crippen molar-refractivity contribution in [3.05, 3.63) is 35.9 Å². The molecule has 0 fully saturated rings. The fourth-order valence-corrected chi connectivity index (χ4v) is 1.91. The second-order valence-electron chi connectivity index (χ2n) is 3.10. The fourth-order valence-electron chi connectivity index (χ4n) is 1.07. The molecule has 0 aliphatic heterocycles. The van der Waals surface area contributed by atoms with Crippen molar-refractivity contribution in [1.29, 1.82) is 0 Å². The summed E-state index contributed by atoms with van der Waals surface area (Å²) in [5.74, 6) is 0.701. The third kappa shape index (κ3) is 4.84. The van der Waals surface area contributed by atoms with Crippen LogP contribution >= 0.6 is 11.8 Å². The van der Waals surface area contributed by atoms with Gasteiger partial charge in [-0.15, -0.1) is 11.8 Å². The quantitative estimate of drug-likeness (QED) is 0.765. The van der Waals surface area contributed by atoms with Crippen molar-refractivity contribution in [1.82, 2.24) is 0 Å². The summed E-state index contributed by atoms with van der Waals surface area (Å²) in [4.78, 5) is 21.1. The van der Waals surface area contributed by atoms with E-state index < -0.39 is 6.09 Å². The summed E-state index contributed by atoms with van der Waals surface area (Å²) >= 11 is 1.42. The number of nitrogens with two attached hydrogens (primary N) is 1. The number of hydrogen-bond acceptors (Lipinski definition) is 4. The van der Waals surface area contributed by atoms with Crippen LogP contribution in [0.5, 0.6) is 0 Å². The highest BCUT2D eigenvalue weighted by Crippen LogP contribution is 2.16. The summed E-state index contributed by atoms with van der Waals surface area (Å²) in [5.41, 5.74) is 5.94. The zero-order chi connectivity index (χ0) is 11.8. The Bertz CT molecular complexity index is 342. The zero-order valence-electron chi connectivity index (χ0n) is 8.67. The van der Waals surface area contributed by atoms with Gasteiger partial charge in [0.15, 0.2) is 0 Å². The van der Waals surface area contributed by atoms with Crippen LogP contribution in [-0.4, -0.2) is 24.2 Å². The number of ether oxygens (including phenoxy) is 1. The SMILES string of the molecule is NC(=O)OCC(C=O)SCc1ccccc1. The highest BCUT2D eigenvalue weighted by atomic mass is 32.2. The number of thioether (sulfide) groups is 1. The molecule has 1 atom stereocenters. The van der Waals surface area contributed by atoms with Crippen LogP contribution in [0.2, 0.25) is 0 Å². The summed E-state index contributed by atoms with van der Waals surface area (Å²) in [5, 5.41) is -0.368. The van der Waals surface area contributed by atoms with Crippen LogP contribution in [0.3, 0.4) is 0 Å². The normalized spacial score (nSPS) is 11.8. The Morgan fingerprint density at radius 1 is 1.44 bits per heavy atom. The number of carbonyl (C=O) groups is 2. The smallest absolute Gasteiger partial charge is 0.404 e. The van der Waals surface area contributed by atoms with E-state index in [9.17, 15) is 9.59 Å². The first kappa shape index (κ1) is 12.6. The van der Waals surface area contributed by atoms with Crippen LogP contribution in [0.1, 0.15) is 5.56 Å². The Balaban J connectivity index is 2.34. The molecule has 0 heterocycles. The third-order valence-electron chi connectivity index (χ3n) is 1.85. The predicted octanol–water partition coefficient (Wildman–Crippen LogP) is 1.58. The van der Waals surface area contributed by atoms with Crippen LogP contribution in [0.25, 0.3) is 0 Å². The van der Waals surface area contributed by atoms with E-state index in [2.05, 4.69) is 4.74 Å². The van der Waals surface area contributed by atoms with E-state index in [0.717, 1.165) is 11.8 Å². The average molecular weight is 239 g/mol. The summed E-state index contributed by atoms with van der Waals surface area (Å²) in [7, 11) is 0. The minimum atomic E-state index is -0.854. The maximum absolute atomic E-state index is 10.7. The Kier molecular flexibility index (Phi) is 5.42. The maximum atomic E-state index is 10.7. The monoisotopic (exact) mass is 239 g/mol. The predicted molar refractivity (Wildman–Crippen MR) is 63.1 cm³/mol. The van der Waals surface area contributed by atoms with Gasteiger partial charge >= 0.3 is 6.09 Å². The van der Waals surface area contributed by atoms with E-state index in [1.54, 1.807) is 0 Å². The van der Waals surface area contributed by atoms with E-state index in [1.807, 2.05) is 30.3 Å². The summed E-state index contributed by atoms with van der Waals surface area (Å²) in [6, 6.07) is 9.76. The van der Waals surface area contributed by atoms with Crippen molar-refractivity contribution < 1.29 is 14.3 Å². The molecule has 16 heavy (non-hydrogen) atoms. The molecule has 1 aromatic carbocycles. The third-order valence-corrected chi connectivity index (χ3v) is 3.02. The highest BCUT2D eigenvalue weighted by Gasteiger charge is 2.10. The van der Waals surface area contributed by atoms with Crippen molar-refractivity contribution in [2.75, 3.05) is 6.61 Å². The number of amides is 1. The second-order valence-corrected chi connectivity index (χ2v) is 4.33. The van der Waals surface area contributed by atoms with Crippen molar-refractivity contribution in [3.8, 4) is 0 Å². The first-order valence-corrected chi connectivity index (χ1v) is 5.80. The molecule has 1 amide bonds. The van der Waals surface area contributed by atoms with Crippen LogP contribution in [0.4, 0.5) is 4.79 Å². The van der Waals surface area contributed by atoms with Gasteiger partial charge in [0.2, 0.25) is 0 Å². The van der Waals surface area contributed by atoms with Gasteiger partial charge in [-0.1, -0.05) is 30.3 Å². The van der Waals surface area contributed by atoms with Gasteiger partial charge in [-0.2, -0.15) is 0 Å². The Morgan fingerprint density at radius 3 is 2.69 bits per heavy atom. The Hall–Kier alpha value is -1.49. The van der Waals surface area contributed by atoms with Gasteiger partial charge in [-0.05, 0) is 5.56 Å². The average Bonchev–Trinajstić information content (AvgIpc) is 2.30. The Labute approximate surface area is 98.2 Å². The van der Waals surface area contributed by atoms with Crippen molar-refractivity contribution in [2.24, 2.45) is 5.73 Å². The largest absolute Gasteiger partial charge is 0.448 e. The van der Waals surface area contributed by atoms with Crippen molar-refractivity contribution in [3.63, 3.8) is 0 Å². The number of carbonyl (C=O) groups excluding carboxylic acids is 2. The van der Waals surface area contributed by atoms with Gasteiger partial charge in [0.05, 0.1) is 5.25 Å². The summed E-state index contributed by atoms with van der Waals surface area (Å²) in [6.45, 7) is 0.0241. The molecule has 4 nitrogen and oxygen atoms in total. The molecule has 1 unspecified atom stereocenters. The van der Waals surface area contributed by atoms with Gasteiger partial charge in [0.1, 0.15) is 12.9 Å². The number of hydrogen-bond donors (Lipinski definition) is 1. The van der Waals surface area contributed by atoms with Gasteiger partial charge < -0.3 is 15.3 Å². The fraction of sp³-hybridized carbons (Fsp3) is 0.273. The number of benzene rings is 1. The van der Waals surface area contributed by atoms with E-state index in [0.29, 0.717) is 5.75 Å². The summed E-state index contributed by atoms with van der Waals surface area (Å²) < 4.78 is 4.57. The lowest BCUT2D eigenvalue weighted by Gasteiger charge is -2.09. The molecule has 0 aliphatic carbocycles. The topological polar surface area (TPSA) is 69.4 Å². The first-order valence-electron chi connectivity index (χ1n) is 4.75. The molecular weight excluding hydrogens is 226 g/mol. The lowest BCUT2D eigenvalue weighted by atomic mass is 10.2. The lowest BCUT2D eigenvalue weighted by molar-refractivity contribution is -0.107. The highest BCUT2D eigenvalue weighted by molar-refractivity contribution is 7.99. The molecule has 0 aliphatic rings. The molecule has 1 rings (SSSR count). The Morgan fingerprint density at radius 2 is 2.12 bits per heavy atom. The minimum Gasteiger partial charge on any atom is -0.448 e. The second kappa shape index (κ2) is 6.90. The first-order chi connectivity index (χ1) is 7.72. The van der Waals surface area contributed by atoms with E-state index in [1.165, 1.54) is 11.8 Å². The lowest BCUT2D eigenvalue weighted by Crippen LogP contribution is -2.21. The van der Waals surface area contributed by atoms with Crippen LogP contribution < -0.4 is 5.73 Å². The van der Waals surface area contributed by atoms with Crippen LogP contribution in [-0.2, 0) is 15.3 Å². The summed E-state index contributed by atoms with van der Waals surface area (Å²) in [6.07, 6.45) is -0.0940. The molecule has 5 heteroatoms. The molecule has 0 saturated carbocycles. The van der Waals surface area contributed by atoms with Gasteiger partial charge in [-0.25, -0.2) is 4.79 Å². The molecule has 2 N–H and O–H groups in total. The molecule has 0 radical (unpaired) electrons. The molecule has 0 spiro atoms. The molecule has 86 valence electrons. The zero-order valence-corrected chi connectivity index (χ0v) is 9.48. The van der Waals surface area contributed by atoms with Crippen molar-refractivity contribution >= 4 is 24.1 Å². The van der Waals surface area contributed by atoms with E-state index in [-0.39, 0.29) is 11.9 Å². The number of primary amides is 1. The number of rotatable bonds is 6. The standard InChI is InChI=1S/C11H13NO3S/c12-11(14)15-7-10(6-13)16-8-9-4-2-1-3-5-9/h1-6,10H,7-8H2,(H2,12,14). The molecular formula is C11H13NO3S. The van der Waals surface area contributed by atoms with Crippen LogP contribution in [0, 0.1) is 0 Å². The number of aldehydes is 1. The molecule has 0 saturated heterocycles. The van der Waals surface area contributed by atoms with E-state index >= 15 is 0 Å².